The molecule has 0 aliphatic heterocycles. The van der Waals surface area contributed by atoms with E-state index >= 15 is 0 Å². The molecule has 5 nitrogen and oxygen atoms in total. The Labute approximate surface area is 114 Å². The summed E-state index contributed by atoms with van der Waals surface area (Å²) in [6, 6.07) is 5.22. The van der Waals surface area contributed by atoms with Gasteiger partial charge in [0.2, 0.25) is 0 Å². The number of nitrogens with one attached hydrogen (secondary N) is 1. The summed E-state index contributed by atoms with van der Waals surface area (Å²) in [4.78, 5) is 2.04. The van der Waals surface area contributed by atoms with Crippen LogP contribution in [0.1, 0.15) is 5.56 Å². The van der Waals surface area contributed by atoms with Gasteiger partial charge in [-0.15, -0.1) is 12.4 Å². The normalized spacial score (nSPS) is 9.78. The lowest BCUT2D eigenvalue weighted by atomic mass is 10.2. The number of nitrogen functional groups attached to an aromatic ring is 1. The summed E-state index contributed by atoms with van der Waals surface area (Å²) in [7, 11) is 5.54. The minimum absolute atomic E-state index is 0. The number of likely N-dealkylation sites (N-methyl/N-ethyl adjacent to an activating group) is 1. The van der Waals surface area contributed by atoms with Crippen LogP contribution in [-0.4, -0.2) is 45.1 Å². The van der Waals surface area contributed by atoms with Gasteiger partial charge in [-0.1, -0.05) is 0 Å². The summed E-state index contributed by atoms with van der Waals surface area (Å²) in [6.07, 6.45) is 0. The summed E-state index contributed by atoms with van der Waals surface area (Å²) in [5.74, 6) is 1.28. The Morgan fingerprint density at radius 3 is 2.50 bits per heavy atom. The van der Waals surface area contributed by atoms with Crippen LogP contribution in [0.4, 0.5) is 0 Å². The summed E-state index contributed by atoms with van der Waals surface area (Å²) in [5.41, 5.74) is 6.03. The maximum absolute atomic E-state index is 7.35. The third-order valence-corrected chi connectivity index (χ3v) is 2.27. The zero-order chi connectivity index (χ0) is 12.8. The topological polar surface area (TPSA) is 71.6 Å². The largest absolute Gasteiger partial charge is 0.493 e. The Kier molecular flexibility index (Phi) is 7.16. The smallest absolute Gasteiger partial charge is 0.161 e. The summed E-state index contributed by atoms with van der Waals surface area (Å²) < 4.78 is 10.8. The predicted molar refractivity (Wildman–Crippen MR) is 75.3 cm³/mol. The molecule has 1 rings (SSSR count). The van der Waals surface area contributed by atoms with Crippen LogP contribution in [0.2, 0.25) is 0 Å². The molecule has 0 aliphatic rings. The molecule has 1 aromatic carbocycles. The molecular weight excluding hydrogens is 254 g/mol. The molecule has 0 aliphatic carbocycles. The van der Waals surface area contributed by atoms with E-state index in [4.69, 9.17) is 20.6 Å². The second kappa shape index (κ2) is 7.79. The number of nitrogens with two attached hydrogens (primary N) is 1. The molecule has 0 atom stereocenters. The van der Waals surface area contributed by atoms with E-state index in [0.717, 1.165) is 6.54 Å². The fraction of sp³-hybridized carbons (Fsp3) is 0.417. The van der Waals surface area contributed by atoms with Gasteiger partial charge >= 0.3 is 0 Å². The highest BCUT2D eigenvalue weighted by molar-refractivity contribution is 5.95. The second-order valence-corrected chi connectivity index (χ2v) is 3.93. The van der Waals surface area contributed by atoms with Gasteiger partial charge in [0.25, 0.3) is 0 Å². The first kappa shape index (κ1) is 16.5. The number of methoxy groups -OCH3 is 1. The van der Waals surface area contributed by atoms with Gasteiger partial charge in [0.05, 0.1) is 7.11 Å². The lowest BCUT2D eigenvalue weighted by molar-refractivity contribution is 0.250. The first-order chi connectivity index (χ1) is 8.04. The van der Waals surface area contributed by atoms with E-state index in [1.165, 1.54) is 0 Å². The average molecular weight is 274 g/mol. The van der Waals surface area contributed by atoms with Crippen molar-refractivity contribution in [1.82, 2.24) is 4.90 Å². The maximum Gasteiger partial charge on any atom is 0.161 e. The predicted octanol–water partition coefficient (Wildman–Crippen LogP) is 1.34. The number of ether oxygens (including phenoxy) is 2. The van der Waals surface area contributed by atoms with Crippen LogP contribution in [0.3, 0.4) is 0 Å². The molecule has 0 radical (unpaired) electrons. The van der Waals surface area contributed by atoms with Crippen LogP contribution in [0, 0.1) is 5.41 Å². The number of benzene rings is 1. The molecule has 0 amide bonds. The van der Waals surface area contributed by atoms with Crippen molar-refractivity contribution >= 4 is 18.2 Å². The van der Waals surface area contributed by atoms with Gasteiger partial charge in [0.1, 0.15) is 12.4 Å². The summed E-state index contributed by atoms with van der Waals surface area (Å²) >= 11 is 0. The van der Waals surface area contributed by atoms with Gasteiger partial charge in [0, 0.05) is 12.1 Å². The molecule has 0 heterocycles. The van der Waals surface area contributed by atoms with Gasteiger partial charge < -0.3 is 20.1 Å². The maximum atomic E-state index is 7.35. The Morgan fingerprint density at radius 2 is 2.00 bits per heavy atom. The third-order valence-electron chi connectivity index (χ3n) is 2.27. The Morgan fingerprint density at radius 1 is 1.33 bits per heavy atom. The van der Waals surface area contributed by atoms with Gasteiger partial charge in [-0.25, -0.2) is 0 Å². The molecule has 0 saturated heterocycles. The lowest BCUT2D eigenvalue weighted by Crippen LogP contribution is -2.19. The van der Waals surface area contributed by atoms with Crippen molar-refractivity contribution in [3.63, 3.8) is 0 Å². The monoisotopic (exact) mass is 273 g/mol. The van der Waals surface area contributed by atoms with Gasteiger partial charge in [-0.05, 0) is 32.3 Å². The fourth-order valence-corrected chi connectivity index (χ4v) is 1.29. The van der Waals surface area contributed by atoms with E-state index in [9.17, 15) is 0 Å². The molecule has 102 valence electrons. The quantitative estimate of drug-likeness (QED) is 0.606. The van der Waals surface area contributed by atoms with E-state index in [1.54, 1.807) is 25.3 Å². The number of nitrogens with zero attached hydrogens (tertiary/aromatic N) is 1. The number of hydrogen-bond acceptors (Lipinski definition) is 4. The van der Waals surface area contributed by atoms with E-state index in [1.807, 2.05) is 19.0 Å². The van der Waals surface area contributed by atoms with Gasteiger partial charge in [-0.3, -0.25) is 5.41 Å². The van der Waals surface area contributed by atoms with Crippen molar-refractivity contribution in [1.29, 1.82) is 5.41 Å². The highest BCUT2D eigenvalue weighted by atomic mass is 35.5. The van der Waals surface area contributed by atoms with E-state index in [0.29, 0.717) is 23.7 Å². The minimum atomic E-state index is 0. The van der Waals surface area contributed by atoms with Crippen molar-refractivity contribution in [3.8, 4) is 11.5 Å². The highest BCUT2D eigenvalue weighted by Gasteiger charge is 2.07. The third kappa shape index (κ3) is 4.81. The number of hydrogen-bond donors (Lipinski definition) is 2. The first-order valence-corrected chi connectivity index (χ1v) is 5.34. The van der Waals surface area contributed by atoms with E-state index < -0.39 is 0 Å². The lowest BCUT2D eigenvalue weighted by Gasteiger charge is -2.14. The van der Waals surface area contributed by atoms with E-state index in [-0.39, 0.29) is 18.2 Å². The van der Waals surface area contributed by atoms with Crippen LogP contribution in [0.25, 0.3) is 0 Å². The number of rotatable bonds is 6. The summed E-state index contributed by atoms with van der Waals surface area (Å²) in [6.45, 7) is 1.42. The molecule has 1 aromatic rings. The zero-order valence-electron chi connectivity index (χ0n) is 10.9. The van der Waals surface area contributed by atoms with E-state index in [2.05, 4.69) is 0 Å². The Balaban J connectivity index is 0.00000289. The molecule has 0 saturated carbocycles. The second-order valence-electron chi connectivity index (χ2n) is 3.93. The van der Waals surface area contributed by atoms with Gasteiger partial charge in [-0.2, -0.15) is 0 Å². The molecule has 0 bridgehead atoms. The summed E-state index contributed by atoms with van der Waals surface area (Å²) in [5, 5.41) is 7.35. The number of halogens is 1. The fourth-order valence-electron chi connectivity index (χ4n) is 1.29. The van der Waals surface area contributed by atoms with Gasteiger partial charge in [0.15, 0.2) is 11.5 Å². The number of amidine groups is 1. The van der Waals surface area contributed by atoms with Crippen molar-refractivity contribution in [2.45, 2.75) is 0 Å². The SMILES string of the molecule is COc1cc(C(=N)N)ccc1OCCN(C)C.Cl. The van der Waals surface area contributed by atoms with Crippen LogP contribution >= 0.6 is 12.4 Å². The van der Waals surface area contributed by atoms with Crippen LogP contribution < -0.4 is 15.2 Å². The molecule has 6 heteroatoms. The van der Waals surface area contributed by atoms with Crippen molar-refractivity contribution in [2.24, 2.45) is 5.73 Å². The minimum Gasteiger partial charge on any atom is -0.493 e. The van der Waals surface area contributed by atoms with Crippen LogP contribution in [0.5, 0.6) is 11.5 Å². The molecule has 0 spiro atoms. The molecule has 0 aromatic heterocycles. The molecule has 3 N–H and O–H groups in total. The Bertz CT molecular complexity index is 397. The van der Waals surface area contributed by atoms with Crippen molar-refractivity contribution in [3.05, 3.63) is 23.8 Å². The molecule has 18 heavy (non-hydrogen) atoms. The molecular formula is C12H20ClN3O2. The van der Waals surface area contributed by atoms with Crippen LogP contribution in [-0.2, 0) is 0 Å². The highest BCUT2D eigenvalue weighted by Crippen LogP contribution is 2.27. The Hall–Kier alpha value is -1.46. The van der Waals surface area contributed by atoms with Crippen molar-refractivity contribution < 1.29 is 9.47 Å². The zero-order valence-corrected chi connectivity index (χ0v) is 11.7. The van der Waals surface area contributed by atoms with Crippen molar-refractivity contribution in [2.75, 3.05) is 34.4 Å². The average Bonchev–Trinajstić information content (AvgIpc) is 2.28. The molecule has 0 fully saturated rings. The van der Waals surface area contributed by atoms with Crippen LogP contribution in [0.15, 0.2) is 18.2 Å². The standard InChI is InChI=1S/C12H19N3O2.ClH/c1-15(2)6-7-17-10-5-4-9(12(13)14)8-11(10)16-3;/h4-5,8H,6-7H2,1-3H3,(H3,13,14);1H. The molecule has 0 unspecified atom stereocenters. The first-order valence-electron chi connectivity index (χ1n) is 5.34.